The van der Waals surface area contributed by atoms with Crippen molar-refractivity contribution < 1.29 is 14.6 Å². The van der Waals surface area contributed by atoms with Crippen LogP contribution in [0.1, 0.15) is 24.8 Å². The monoisotopic (exact) mass is 345 g/mol. The number of aliphatic hydroxyl groups excluding tert-OH is 1. The Morgan fingerprint density at radius 1 is 1.44 bits per heavy atom. The van der Waals surface area contributed by atoms with Crippen LogP contribution in [0.2, 0.25) is 0 Å². The van der Waals surface area contributed by atoms with Gasteiger partial charge < -0.3 is 14.7 Å². The first-order valence-corrected chi connectivity index (χ1v) is 9.20. The van der Waals surface area contributed by atoms with Crippen LogP contribution >= 0.6 is 0 Å². The molecule has 1 atom stereocenters. The maximum atomic E-state index is 12.4. The molecule has 0 aromatic carbocycles. The molecule has 1 aliphatic carbocycles. The standard InChI is InChI=1S/C19H27N3O3/c1-21-9-15(11-25-10-14-3-2-4-20-8-14)7-19(21)12-22(13-19)18(24)16-5-17(23)6-16/h2-4,8,15-17,23H,5-7,9-13H2,1H3. The molecule has 1 unspecified atom stereocenters. The molecule has 2 saturated heterocycles. The number of carbonyl (C=O) groups excluding carboxylic acids is 1. The summed E-state index contributed by atoms with van der Waals surface area (Å²) in [6, 6.07) is 3.96. The van der Waals surface area contributed by atoms with E-state index in [1.54, 1.807) is 6.20 Å². The SMILES string of the molecule is CN1CC(COCc2cccnc2)CC12CN(C(=O)C1CC(O)C1)C2. The van der Waals surface area contributed by atoms with Gasteiger partial charge >= 0.3 is 0 Å². The Kier molecular flexibility index (Phi) is 4.52. The van der Waals surface area contributed by atoms with Crippen LogP contribution in [0.15, 0.2) is 24.5 Å². The van der Waals surface area contributed by atoms with Gasteiger partial charge in [0.2, 0.25) is 5.91 Å². The molecule has 1 saturated carbocycles. The highest BCUT2D eigenvalue weighted by Gasteiger charge is 2.54. The molecule has 25 heavy (non-hydrogen) atoms. The number of likely N-dealkylation sites (tertiary alicyclic amines) is 2. The van der Waals surface area contributed by atoms with Gasteiger partial charge in [-0.2, -0.15) is 0 Å². The summed E-state index contributed by atoms with van der Waals surface area (Å²) in [5, 5.41) is 9.39. The number of nitrogens with zero attached hydrogens (tertiary/aromatic N) is 3. The number of aromatic nitrogens is 1. The van der Waals surface area contributed by atoms with E-state index in [2.05, 4.69) is 16.9 Å². The zero-order chi connectivity index (χ0) is 17.4. The van der Waals surface area contributed by atoms with Crippen LogP contribution in [-0.2, 0) is 16.1 Å². The Hall–Kier alpha value is -1.50. The van der Waals surface area contributed by atoms with Crippen molar-refractivity contribution in [2.75, 3.05) is 33.3 Å². The van der Waals surface area contributed by atoms with Gasteiger partial charge in [-0.25, -0.2) is 0 Å². The summed E-state index contributed by atoms with van der Waals surface area (Å²) >= 11 is 0. The van der Waals surface area contributed by atoms with E-state index < -0.39 is 0 Å². The van der Waals surface area contributed by atoms with Crippen molar-refractivity contribution in [3.05, 3.63) is 30.1 Å². The number of hydrogen-bond donors (Lipinski definition) is 1. The van der Waals surface area contributed by atoms with Crippen molar-refractivity contribution in [3.8, 4) is 0 Å². The fourth-order valence-corrected chi connectivity index (χ4v) is 4.52. The molecule has 1 spiro atoms. The lowest BCUT2D eigenvalue weighted by Gasteiger charge is -2.53. The zero-order valence-corrected chi connectivity index (χ0v) is 14.8. The molecular weight excluding hydrogens is 318 g/mol. The quantitative estimate of drug-likeness (QED) is 0.859. The minimum absolute atomic E-state index is 0.0534. The molecule has 3 fully saturated rings. The molecular formula is C19H27N3O3. The van der Waals surface area contributed by atoms with Gasteiger partial charge in [-0.3, -0.25) is 14.7 Å². The first-order chi connectivity index (χ1) is 12.1. The van der Waals surface area contributed by atoms with Crippen LogP contribution in [-0.4, -0.2) is 70.7 Å². The Balaban J connectivity index is 1.23. The van der Waals surface area contributed by atoms with Crippen molar-refractivity contribution in [3.63, 3.8) is 0 Å². The van der Waals surface area contributed by atoms with Gasteiger partial charge in [0.1, 0.15) is 0 Å². The average molecular weight is 345 g/mol. The maximum Gasteiger partial charge on any atom is 0.226 e. The van der Waals surface area contributed by atoms with Crippen LogP contribution in [0.4, 0.5) is 0 Å². The van der Waals surface area contributed by atoms with Crippen LogP contribution in [0.3, 0.4) is 0 Å². The number of ether oxygens (including phenoxy) is 1. The third-order valence-electron chi connectivity index (χ3n) is 6.10. The number of likely N-dealkylation sites (N-methyl/N-ethyl adjacent to an activating group) is 1. The average Bonchev–Trinajstić information content (AvgIpc) is 2.87. The minimum Gasteiger partial charge on any atom is -0.393 e. The molecule has 1 aromatic rings. The van der Waals surface area contributed by atoms with Gasteiger partial charge in [0.25, 0.3) is 0 Å². The van der Waals surface area contributed by atoms with E-state index >= 15 is 0 Å². The molecule has 3 heterocycles. The molecule has 136 valence electrons. The topological polar surface area (TPSA) is 65.9 Å². The van der Waals surface area contributed by atoms with Crippen LogP contribution in [0, 0.1) is 11.8 Å². The van der Waals surface area contributed by atoms with E-state index in [9.17, 15) is 9.90 Å². The Labute approximate surface area is 148 Å². The number of aliphatic hydroxyl groups is 1. The fraction of sp³-hybridized carbons (Fsp3) is 0.684. The maximum absolute atomic E-state index is 12.4. The second-order valence-electron chi connectivity index (χ2n) is 8.07. The summed E-state index contributed by atoms with van der Waals surface area (Å²) < 4.78 is 5.89. The first kappa shape index (κ1) is 16.9. The number of rotatable bonds is 5. The van der Waals surface area contributed by atoms with Gasteiger partial charge in [0.05, 0.1) is 24.9 Å². The largest absolute Gasteiger partial charge is 0.393 e. The lowest BCUT2D eigenvalue weighted by Crippen LogP contribution is -2.69. The van der Waals surface area contributed by atoms with Crippen molar-refractivity contribution in [2.24, 2.45) is 11.8 Å². The van der Waals surface area contributed by atoms with Gasteiger partial charge in [-0.1, -0.05) is 6.07 Å². The van der Waals surface area contributed by atoms with E-state index in [4.69, 9.17) is 4.74 Å². The lowest BCUT2D eigenvalue weighted by molar-refractivity contribution is -0.154. The van der Waals surface area contributed by atoms with Gasteiger partial charge in [-0.15, -0.1) is 0 Å². The number of hydrogen-bond acceptors (Lipinski definition) is 5. The Morgan fingerprint density at radius 3 is 2.92 bits per heavy atom. The summed E-state index contributed by atoms with van der Waals surface area (Å²) in [6.07, 6.45) is 5.72. The van der Waals surface area contributed by atoms with E-state index in [0.29, 0.717) is 25.4 Å². The summed E-state index contributed by atoms with van der Waals surface area (Å²) in [4.78, 5) is 20.9. The molecule has 1 amide bonds. The molecule has 2 aliphatic heterocycles. The predicted octanol–water partition coefficient (Wildman–Crippen LogP) is 0.902. The number of carbonyl (C=O) groups is 1. The second kappa shape index (κ2) is 6.67. The molecule has 0 bridgehead atoms. The van der Waals surface area contributed by atoms with Crippen molar-refractivity contribution >= 4 is 5.91 Å². The fourth-order valence-electron chi connectivity index (χ4n) is 4.52. The Morgan fingerprint density at radius 2 is 2.24 bits per heavy atom. The summed E-state index contributed by atoms with van der Waals surface area (Å²) in [5.41, 5.74) is 1.24. The van der Waals surface area contributed by atoms with E-state index in [0.717, 1.165) is 38.2 Å². The highest BCUT2D eigenvalue weighted by Crippen LogP contribution is 2.41. The van der Waals surface area contributed by atoms with Crippen LogP contribution in [0.5, 0.6) is 0 Å². The molecule has 3 aliphatic rings. The highest BCUT2D eigenvalue weighted by molar-refractivity contribution is 5.81. The molecule has 6 heteroatoms. The second-order valence-corrected chi connectivity index (χ2v) is 8.07. The van der Waals surface area contributed by atoms with Gasteiger partial charge in [0, 0.05) is 37.9 Å². The van der Waals surface area contributed by atoms with Crippen molar-refractivity contribution in [1.82, 2.24) is 14.8 Å². The zero-order valence-electron chi connectivity index (χ0n) is 14.8. The van der Waals surface area contributed by atoms with E-state index in [1.165, 1.54) is 0 Å². The predicted molar refractivity (Wildman–Crippen MR) is 92.7 cm³/mol. The normalized spacial score (nSPS) is 31.0. The summed E-state index contributed by atoms with van der Waals surface area (Å²) in [5.74, 6) is 0.808. The third-order valence-corrected chi connectivity index (χ3v) is 6.10. The van der Waals surface area contributed by atoms with Crippen LogP contribution in [0.25, 0.3) is 0 Å². The van der Waals surface area contributed by atoms with Gasteiger partial charge in [-0.05, 0) is 43.9 Å². The number of amides is 1. The van der Waals surface area contributed by atoms with E-state index in [-0.39, 0.29) is 23.5 Å². The highest BCUT2D eigenvalue weighted by atomic mass is 16.5. The smallest absolute Gasteiger partial charge is 0.226 e. The minimum atomic E-state index is -0.264. The molecule has 4 rings (SSSR count). The summed E-state index contributed by atoms with van der Waals surface area (Å²) in [7, 11) is 2.16. The molecule has 1 N–H and O–H groups in total. The van der Waals surface area contributed by atoms with E-state index in [1.807, 2.05) is 23.2 Å². The lowest BCUT2D eigenvalue weighted by atomic mass is 9.78. The third kappa shape index (κ3) is 3.30. The van der Waals surface area contributed by atoms with Crippen molar-refractivity contribution in [2.45, 2.75) is 37.5 Å². The summed E-state index contributed by atoms with van der Waals surface area (Å²) in [6.45, 7) is 4.04. The van der Waals surface area contributed by atoms with Crippen molar-refractivity contribution in [1.29, 1.82) is 0 Å². The molecule has 0 radical (unpaired) electrons. The number of pyridine rings is 1. The molecule has 1 aromatic heterocycles. The molecule has 6 nitrogen and oxygen atoms in total. The first-order valence-electron chi connectivity index (χ1n) is 9.20. The van der Waals surface area contributed by atoms with Crippen LogP contribution < -0.4 is 0 Å². The Bertz CT molecular complexity index is 612. The van der Waals surface area contributed by atoms with Gasteiger partial charge in [0.15, 0.2) is 0 Å².